The fourth-order valence-electron chi connectivity index (χ4n) is 3.12. The summed E-state index contributed by atoms with van der Waals surface area (Å²) in [6.45, 7) is -0.246. The van der Waals surface area contributed by atoms with Gasteiger partial charge in [-0.2, -0.15) is 0 Å². The van der Waals surface area contributed by atoms with Crippen molar-refractivity contribution in [2.75, 3.05) is 11.9 Å². The fourth-order valence-corrected chi connectivity index (χ4v) is 3.12. The van der Waals surface area contributed by atoms with E-state index in [9.17, 15) is 15.0 Å². The number of anilines is 1. The summed E-state index contributed by atoms with van der Waals surface area (Å²) < 4.78 is 7.45. The molecule has 0 bridgehead atoms. The van der Waals surface area contributed by atoms with Crippen LogP contribution in [0.2, 0.25) is 0 Å². The number of benzene rings is 1. The van der Waals surface area contributed by atoms with E-state index in [2.05, 4.69) is 15.3 Å². The Kier molecular flexibility index (Phi) is 4.37. The lowest BCUT2D eigenvalue weighted by molar-refractivity contribution is -0.0430. The van der Waals surface area contributed by atoms with Crippen LogP contribution >= 0.6 is 0 Å². The summed E-state index contributed by atoms with van der Waals surface area (Å²) >= 11 is 0. The molecule has 1 aliphatic rings. The molecule has 0 unspecified atom stereocenters. The molecule has 1 aromatic carbocycles. The van der Waals surface area contributed by atoms with E-state index in [1.807, 2.05) is 6.07 Å². The standard InChI is InChI=1S/C18H18N4O4/c23-9-14-13(24)8-15(26-14)22-7-6-12-16(19-10-20-17(12)22)21-18(25)11-4-2-1-3-5-11/h1-7,10,13-15,23-24H,8-9H2,(H,19,20,21,25)/t13-,14-,15-/m1/s1. The highest BCUT2D eigenvalue weighted by Gasteiger charge is 2.35. The number of aliphatic hydroxyl groups excluding tert-OH is 2. The number of nitrogens with one attached hydrogen (secondary N) is 1. The predicted molar refractivity (Wildman–Crippen MR) is 93.5 cm³/mol. The molecule has 4 rings (SSSR count). The number of nitrogens with zero attached hydrogens (tertiary/aromatic N) is 3. The van der Waals surface area contributed by atoms with Crippen molar-refractivity contribution in [2.24, 2.45) is 0 Å². The van der Waals surface area contributed by atoms with E-state index in [1.165, 1.54) is 6.33 Å². The molecule has 8 nitrogen and oxygen atoms in total. The first-order valence-corrected chi connectivity index (χ1v) is 8.29. The molecule has 0 radical (unpaired) electrons. The van der Waals surface area contributed by atoms with Crippen LogP contribution in [-0.2, 0) is 4.74 Å². The molecule has 0 aliphatic carbocycles. The lowest BCUT2D eigenvalue weighted by atomic mass is 10.2. The third-order valence-corrected chi connectivity index (χ3v) is 4.47. The minimum atomic E-state index is -0.735. The molecule has 134 valence electrons. The molecule has 1 saturated heterocycles. The molecular weight excluding hydrogens is 336 g/mol. The molecule has 2 aromatic heterocycles. The number of hydrogen-bond acceptors (Lipinski definition) is 6. The first-order chi connectivity index (χ1) is 12.7. The molecule has 1 aliphatic heterocycles. The molecule has 0 saturated carbocycles. The Morgan fingerprint density at radius 1 is 1.27 bits per heavy atom. The van der Waals surface area contributed by atoms with Crippen LogP contribution in [0, 0.1) is 0 Å². The highest BCUT2D eigenvalue weighted by molar-refractivity contribution is 6.07. The van der Waals surface area contributed by atoms with Gasteiger partial charge in [0.2, 0.25) is 0 Å². The molecule has 3 heterocycles. The maximum absolute atomic E-state index is 12.4. The SMILES string of the molecule is O=C(Nc1ncnc2c1ccn2[C@H]1C[C@@H](O)[C@@H](CO)O1)c1ccccc1. The van der Waals surface area contributed by atoms with Crippen LogP contribution in [0.5, 0.6) is 0 Å². The number of carbonyl (C=O) groups excluding carboxylic acids is 1. The average molecular weight is 354 g/mol. The number of ether oxygens (including phenoxy) is 1. The normalized spacial score (nSPS) is 22.6. The van der Waals surface area contributed by atoms with Crippen LogP contribution in [0.4, 0.5) is 5.82 Å². The van der Waals surface area contributed by atoms with Gasteiger partial charge in [0.05, 0.1) is 18.1 Å². The van der Waals surface area contributed by atoms with Crippen LogP contribution < -0.4 is 5.32 Å². The summed E-state index contributed by atoms with van der Waals surface area (Å²) in [7, 11) is 0. The van der Waals surface area contributed by atoms with E-state index in [0.29, 0.717) is 28.8 Å². The molecule has 1 fully saturated rings. The van der Waals surface area contributed by atoms with Gasteiger partial charge in [-0.1, -0.05) is 18.2 Å². The van der Waals surface area contributed by atoms with Gasteiger partial charge >= 0.3 is 0 Å². The number of aliphatic hydroxyl groups is 2. The molecule has 3 atom stereocenters. The van der Waals surface area contributed by atoms with Gasteiger partial charge in [0.25, 0.3) is 5.91 Å². The van der Waals surface area contributed by atoms with Crippen molar-refractivity contribution >= 4 is 22.8 Å². The van der Waals surface area contributed by atoms with E-state index < -0.39 is 18.4 Å². The zero-order valence-electron chi connectivity index (χ0n) is 13.8. The second-order valence-corrected chi connectivity index (χ2v) is 6.12. The zero-order chi connectivity index (χ0) is 18.1. The van der Waals surface area contributed by atoms with Gasteiger partial charge in [0, 0.05) is 18.2 Å². The first kappa shape index (κ1) is 16.6. The third-order valence-electron chi connectivity index (χ3n) is 4.47. The predicted octanol–water partition coefficient (Wildman–Crippen LogP) is 1.32. The summed E-state index contributed by atoms with van der Waals surface area (Å²) in [5, 5.41) is 22.7. The van der Waals surface area contributed by atoms with E-state index in [-0.39, 0.29) is 12.5 Å². The molecule has 8 heteroatoms. The Morgan fingerprint density at radius 2 is 2.08 bits per heavy atom. The van der Waals surface area contributed by atoms with Gasteiger partial charge in [-0.05, 0) is 18.2 Å². The minimum absolute atomic E-state index is 0.246. The van der Waals surface area contributed by atoms with Gasteiger partial charge in [-0.3, -0.25) is 4.79 Å². The second-order valence-electron chi connectivity index (χ2n) is 6.12. The highest BCUT2D eigenvalue weighted by Crippen LogP contribution is 2.32. The summed E-state index contributed by atoms with van der Waals surface area (Å²) in [4.78, 5) is 20.8. The minimum Gasteiger partial charge on any atom is -0.394 e. The first-order valence-electron chi connectivity index (χ1n) is 8.29. The van der Waals surface area contributed by atoms with E-state index in [1.54, 1.807) is 41.1 Å². The number of hydrogen-bond donors (Lipinski definition) is 3. The maximum atomic E-state index is 12.4. The topological polar surface area (TPSA) is 110 Å². The number of fused-ring (bicyclic) bond motifs is 1. The number of carbonyl (C=O) groups is 1. The number of aromatic nitrogens is 3. The Labute approximate surface area is 149 Å². The fraction of sp³-hybridized carbons (Fsp3) is 0.278. The van der Waals surface area contributed by atoms with Gasteiger partial charge in [-0.15, -0.1) is 0 Å². The molecule has 0 spiro atoms. The summed E-state index contributed by atoms with van der Waals surface area (Å²) in [6.07, 6.45) is 1.71. The molecule has 3 aromatic rings. The van der Waals surface area contributed by atoms with Crippen LogP contribution in [0.15, 0.2) is 48.9 Å². The van der Waals surface area contributed by atoms with Crippen molar-refractivity contribution in [1.29, 1.82) is 0 Å². The third kappa shape index (κ3) is 2.94. The smallest absolute Gasteiger partial charge is 0.256 e. The van der Waals surface area contributed by atoms with Crippen molar-refractivity contribution in [3.05, 3.63) is 54.5 Å². The molecule has 1 amide bonds. The zero-order valence-corrected chi connectivity index (χ0v) is 13.8. The number of rotatable bonds is 4. The van der Waals surface area contributed by atoms with Crippen LogP contribution in [0.1, 0.15) is 23.0 Å². The van der Waals surface area contributed by atoms with Gasteiger partial charge in [0.1, 0.15) is 30.1 Å². The van der Waals surface area contributed by atoms with E-state index in [4.69, 9.17) is 4.74 Å². The lowest BCUT2D eigenvalue weighted by Gasteiger charge is -2.14. The van der Waals surface area contributed by atoms with Crippen molar-refractivity contribution < 1.29 is 19.7 Å². The van der Waals surface area contributed by atoms with Gasteiger partial charge < -0.3 is 24.8 Å². The maximum Gasteiger partial charge on any atom is 0.256 e. The second kappa shape index (κ2) is 6.83. The molecule has 26 heavy (non-hydrogen) atoms. The quantitative estimate of drug-likeness (QED) is 0.652. The van der Waals surface area contributed by atoms with Crippen molar-refractivity contribution in [3.63, 3.8) is 0 Å². The van der Waals surface area contributed by atoms with Crippen LogP contribution in [0.25, 0.3) is 11.0 Å². The summed E-state index contributed by atoms with van der Waals surface area (Å²) in [6, 6.07) is 10.7. The Morgan fingerprint density at radius 3 is 2.81 bits per heavy atom. The lowest BCUT2D eigenvalue weighted by Crippen LogP contribution is -2.24. The van der Waals surface area contributed by atoms with Crippen molar-refractivity contribution in [2.45, 2.75) is 24.9 Å². The Bertz CT molecular complexity index is 927. The van der Waals surface area contributed by atoms with Crippen molar-refractivity contribution in [1.82, 2.24) is 14.5 Å². The largest absolute Gasteiger partial charge is 0.394 e. The highest BCUT2D eigenvalue weighted by atomic mass is 16.5. The van der Waals surface area contributed by atoms with Crippen molar-refractivity contribution in [3.8, 4) is 0 Å². The average Bonchev–Trinajstić information content (AvgIpc) is 3.26. The Balaban J connectivity index is 1.63. The van der Waals surface area contributed by atoms with Crippen LogP contribution in [0.3, 0.4) is 0 Å². The summed E-state index contributed by atoms with van der Waals surface area (Å²) in [5.41, 5.74) is 1.12. The van der Waals surface area contributed by atoms with E-state index in [0.717, 1.165) is 0 Å². The number of amides is 1. The molecular formula is C18H18N4O4. The van der Waals surface area contributed by atoms with Crippen LogP contribution in [-0.4, -0.2) is 49.5 Å². The van der Waals surface area contributed by atoms with Gasteiger partial charge in [-0.25, -0.2) is 9.97 Å². The van der Waals surface area contributed by atoms with E-state index >= 15 is 0 Å². The Hall–Kier alpha value is -2.81. The van der Waals surface area contributed by atoms with Gasteiger partial charge in [0.15, 0.2) is 0 Å². The monoisotopic (exact) mass is 354 g/mol. The summed E-state index contributed by atoms with van der Waals surface area (Å²) in [5.74, 6) is 0.145. The molecule has 3 N–H and O–H groups in total.